The molecule has 20 heavy (non-hydrogen) atoms. The van der Waals surface area contributed by atoms with Crippen molar-refractivity contribution in [3.8, 4) is 0 Å². The first kappa shape index (κ1) is 16.7. The number of hydrogen-bond donors (Lipinski definition) is 2. The van der Waals surface area contributed by atoms with E-state index >= 15 is 0 Å². The summed E-state index contributed by atoms with van der Waals surface area (Å²) in [6.45, 7) is 4.18. The van der Waals surface area contributed by atoms with Crippen LogP contribution in [-0.2, 0) is 6.18 Å². The Labute approximate surface area is 120 Å². The van der Waals surface area contributed by atoms with Gasteiger partial charge in [0.05, 0.1) is 16.8 Å². The van der Waals surface area contributed by atoms with Gasteiger partial charge in [-0.3, -0.25) is 4.79 Å². The lowest BCUT2D eigenvalue weighted by molar-refractivity contribution is -0.136. The van der Waals surface area contributed by atoms with Gasteiger partial charge in [0.25, 0.3) is 5.91 Å². The van der Waals surface area contributed by atoms with Gasteiger partial charge in [0, 0.05) is 11.3 Å². The predicted octanol–water partition coefficient (Wildman–Crippen LogP) is 3.16. The number of nitrogens with one attached hydrogen (secondary N) is 1. The summed E-state index contributed by atoms with van der Waals surface area (Å²) in [5.41, 5.74) is 3.77. The summed E-state index contributed by atoms with van der Waals surface area (Å²) in [7, 11) is 0. The summed E-state index contributed by atoms with van der Waals surface area (Å²) in [5, 5.41) is 2.60. The Bertz CT molecular complexity index is 501. The smallest absolute Gasteiger partial charge is 0.398 e. The van der Waals surface area contributed by atoms with Gasteiger partial charge in [-0.05, 0) is 32.2 Å². The molecule has 7 heteroatoms. The summed E-state index contributed by atoms with van der Waals surface area (Å²) in [6, 6.07) is 3.32. The second-order valence-corrected chi connectivity index (χ2v) is 6.42. The van der Waals surface area contributed by atoms with E-state index in [4.69, 9.17) is 5.73 Å². The van der Waals surface area contributed by atoms with E-state index in [1.54, 1.807) is 11.8 Å². The number of carbonyl (C=O) groups is 1. The number of alkyl halides is 3. The molecule has 0 saturated carbocycles. The van der Waals surface area contributed by atoms with Crippen molar-refractivity contribution in [2.75, 3.05) is 18.5 Å². The number of anilines is 1. The Kier molecular flexibility index (Phi) is 4.96. The maximum Gasteiger partial charge on any atom is 0.418 e. The molecule has 3 N–H and O–H groups in total. The molecule has 0 radical (unpaired) electrons. The number of nitrogens with two attached hydrogens (primary N) is 1. The normalized spacial score (nSPS) is 12.3. The molecule has 0 saturated heterocycles. The molecule has 0 heterocycles. The molecule has 1 aromatic carbocycles. The number of amides is 1. The lowest BCUT2D eigenvalue weighted by atomic mass is 10.1. The molecular weight excluding hydrogens is 289 g/mol. The van der Waals surface area contributed by atoms with Gasteiger partial charge in [0.15, 0.2) is 0 Å². The van der Waals surface area contributed by atoms with Gasteiger partial charge < -0.3 is 11.1 Å². The van der Waals surface area contributed by atoms with Crippen LogP contribution in [-0.4, -0.2) is 23.5 Å². The minimum absolute atomic E-state index is 0.156. The number of thioether (sulfide) groups is 1. The average molecular weight is 306 g/mol. The number of halogens is 3. The first-order valence-corrected chi connectivity index (χ1v) is 7.10. The Morgan fingerprint density at radius 3 is 2.45 bits per heavy atom. The zero-order valence-corrected chi connectivity index (χ0v) is 12.3. The molecule has 1 rings (SSSR count). The van der Waals surface area contributed by atoms with Gasteiger partial charge in [-0.15, -0.1) is 0 Å². The zero-order chi connectivity index (χ0) is 15.6. The maximum atomic E-state index is 12.7. The number of nitrogen functional groups attached to an aromatic ring is 1. The average Bonchev–Trinajstić information content (AvgIpc) is 2.35. The third-order valence-corrected chi connectivity index (χ3v) is 4.13. The predicted molar refractivity (Wildman–Crippen MR) is 75.8 cm³/mol. The van der Waals surface area contributed by atoms with Gasteiger partial charge >= 0.3 is 6.18 Å². The number of benzene rings is 1. The van der Waals surface area contributed by atoms with Crippen molar-refractivity contribution < 1.29 is 18.0 Å². The van der Waals surface area contributed by atoms with Crippen LogP contribution in [0.3, 0.4) is 0 Å². The van der Waals surface area contributed by atoms with Crippen molar-refractivity contribution in [3.63, 3.8) is 0 Å². The van der Waals surface area contributed by atoms with Crippen LogP contribution >= 0.6 is 11.8 Å². The van der Waals surface area contributed by atoms with Gasteiger partial charge in [-0.1, -0.05) is 6.07 Å². The molecular formula is C13H17F3N2OS. The van der Waals surface area contributed by atoms with Gasteiger partial charge in [-0.2, -0.15) is 24.9 Å². The SMILES string of the molecule is CSC(C)(C)CNC(=O)c1cccc(C(F)(F)F)c1N. The van der Waals surface area contributed by atoms with E-state index in [1.165, 1.54) is 12.1 Å². The van der Waals surface area contributed by atoms with E-state index in [2.05, 4.69) is 5.32 Å². The molecule has 0 atom stereocenters. The summed E-state index contributed by atoms with van der Waals surface area (Å²) < 4.78 is 37.9. The van der Waals surface area contributed by atoms with Crippen molar-refractivity contribution in [3.05, 3.63) is 29.3 Å². The summed E-state index contributed by atoms with van der Waals surface area (Å²) in [5.74, 6) is -0.601. The van der Waals surface area contributed by atoms with Crippen LogP contribution in [0.25, 0.3) is 0 Å². The highest BCUT2D eigenvalue weighted by Crippen LogP contribution is 2.34. The Balaban J connectivity index is 2.95. The Morgan fingerprint density at radius 2 is 1.95 bits per heavy atom. The second kappa shape index (κ2) is 5.95. The standard InChI is InChI=1S/C13H17F3N2OS/c1-12(2,20-3)7-18-11(19)8-5-4-6-9(10(8)17)13(14,15)16/h4-6H,7,17H2,1-3H3,(H,18,19). The monoisotopic (exact) mass is 306 g/mol. The summed E-state index contributed by atoms with van der Waals surface area (Å²) in [4.78, 5) is 11.9. The quantitative estimate of drug-likeness (QED) is 0.840. The molecule has 0 fully saturated rings. The summed E-state index contributed by atoms with van der Waals surface area (Å²) in [6.07, 6.45) is -2.68. The van der Waals surface area contributed by atoms with Crippen molar-refractivity contribution in [1.29, 1.82) is 0 Å². The number of para-hydroxylation sites is 1. The first-order valence-electron chi connectivity index (χ1n) is 5.87. The van der Waals surface area contributed by atoms with Crippen molar-refractivity contribution in [2.45, 2.75) is 24.8 Å². The zero-order valence-electron chi connectivity index (χ0n) is 11.5. The highest BCUT2D eigenvalue weighted by atomic mass is 32.2. The highest BCUT2D eigenvalue weighted by Gasteiger charge is 2.34. The fourth-order valence-corrected chi connectivity index (χ4v) is 1.69. The molecule has 0 spiro atoms. The minimum Gasteiger partial charge on any atom is -0.398 e. The number of rotatable bonds is 4. The third-order valence-electron chi connectivity index (χ3n) is 2.88. The van der Waals surface area contributed by atoms with E-state index in [0.29, 0.717) is 6.54 Å². The minimum atomic E-state index is -4.57. The van der Waals surface area contributed by atoms with Crippen LogP contribution in [0, 0.1) is 0 Å². The van der Waals surface area contributed by atoms with E-state index in [0.717, 1.165) is 6.07 Å². The molecule has 0 aliphatic heterocycles. The van der Waals surface area contributed by atoms with Crippen molar-refractivity contribution in [1.82, 2.24) is 5.32 Å². The van der Waals surface area contributed by atoms with Crippen LogP contribution in [0.1, 0.15) is 29.8 Å². The van der Waals surface area contributed by atoms with E-state index in [9.17, 15) is 18.0 Å². The molecule has 1 amide bonds. The van der Waals surface area contributed by atoms with E-state index < -0.39 is 23.3 Å². The first-order chi connectivity index (χ1) is 9.08. The summed E-state index contributed by atoms with van der Waals surface area (Å²) >= 11 is 1.55. The molecule has 112 valence electrons. The van der Waals surface area contributed by atoms with Crippen LogP contribution in [0.4, 0.5) is 18.9 Å². The molecule has 0 bridgehead atoms. The van der Waals surface area contributed by atoms with Crippen LogP contribution in [0.5, 0.6) is 0 Å². The Hall–Kier alpha value is -1.37. The van der Waals surface area contributed by atoms with Gasteiger partial charge in [0.1, 0.15) is 0 Å². The van der Waals surface area contributed by atoms with Crippen molar-refractivity contribution >= 4 is 23.4 Å². The van der Waals surface area contributed by atoms with Gasteiger partial charge in [0.2, 0.25) is 0 Å². The molecule has 0 aliphatic carbocycles. The Morgan fingerprint density at radius 1 is 1.35 bits per heavy atom. The fraction of sp³-hybridized carbons (Fsp3) is 0.462. The number of hydrogen-bond acceptors (Lipinski definition) is 3. The largest absolute Gasteiger partial charge is 0.418 e. The molecule has 3 nitrogen and oxygen atoms in total. The van der Waals surface area contributed by atoms with E-state index in [-0.39, 0.29) is 10.3 Å². The van der Waals surface area contributed by atoms with E-state index in [1.807, 2.05) is 20.1 Å². The second-order valence-electron chi connectivity index (χ2n) is 4.91. The van der Waals surface area contributed by atoms with Crippen molar-refractivity contribution in [2.24, 2.45) is 0 Å². The third kappa shape index (κ3) is 4.06. The molecule has 0 unspecified atom stereocenters. The van der Waals surface area contributed by atoms with Crippen LogP contribution < -0.4 is 11.1 Å². The lowest BCUT2D eigenvalue weighted by Gasteiger charge is -2.22. The molecule has 1 aromatic rings. The fourth-order valence-electron chi connectivity index (χ4n) is 1.47. The maximum absolute atomic E-state index is 12.7. The van der Waals surface area contributed by atoms with Crippen LogP contribution in [0.2, 0.25) is 0 Å². The topological polar surface area (TPSA) is 55.1 Å². The van der Waals surface area contributed by atoms with Crippen LogP contribution in [0.15, 0.2) is 18.2 Å². The highest BCUT2D eigenvalue weighted by molar-refractivity contribution is 7.99. The van der Waals surface area contributed by atoms with Gasteiger partial charge in [-0.25, -0.2) is 0 Å². The lowest BCUT2D eigenvalue weighted by Crippen LogP contribution is -2.36. The molecule has 0 aliphatic rings. The number of carbonyl (C=O) groups excluding carboxylic acids is 1. The molecule has 0 aromatic heterocycles.